The van der Waals surface area contributed by atoms with E-state index in [9.17, 15) is 14.7 Å². The topological polar surface area (TPSA) is 84.9 Å². The molecule has 2 bridgehead atoms. The van der Waals surface area contributed by atoms with E-state index in [1.54, 1.807) is 0 Å². The van der Waals surface area contributed by atoms with Crippen molar-refractivity contribution in [2.45, 2.75) is 76.4 Å². The molecule has 5 atom stereocenters. The largest absolute Gasteiger partial charge is 0.459 e. The summed E-state index contributed by atoms with van der Waals surface area (Å²) in [6.07, 6.45) is 13.2. The number of rotatable bonds is 1. The molecule has 7 heteroatoms. The van der Waals surface area contributed by atoms with Crippen LogP contribution in [0, 0.1) is 5.92 Å². The summed E-state index contributed by atoms with van der Waals surface area (Å²) in [4.78, 5) is 24.0. The summed E-state index contributed by atoms with van der Waals surface area (Å²) in [5, 5.41) is 13.8. The highest BCUT2D eigenvalue weighted by atomic mass is 32.2. The van der Waals surface area contributed by atoms with Crippen LogP contribution in [0.2, 0.25) is 0 Å². The molecule has 3 rings (SSSR count). The fraction of sp³-hybridized carbons (Fsp3) is 0.636. The van der Waals surface area contributed by atoms with E-state index < -0.39 is 17.9 Å². The van der Waals surface area contributed by atoms with E-state index >= 15 is 0 Å². The number of thioether (sulfide) groups is 1. The maximum atomic E-state index is 12.4. The number of ether oxygens (including phenoxy) is 2. The van der Waals surface area contributed by atoms with Crippen LogP contribution in [0.15, 0.2) is 36.0 Å². The summed E-state index contributed by atoms with van der Waals surface area (Å²) in [5.41, 5.74) is 0.961. The number of esters is 1. The van der Waals surface area contributed by atoms with Gasteiger partial charge in [-0.3, -0.25) is 4.79 Å². The highest BCUT2D eigenvalue weighted by Gasteiger charge is 2.49. The molecular weight excluding hydrogens is 390 g/mol. The van der Waals surface area contributed by atoms with E-state index in [0.717, 1.165) is 43.0 Å². The highest BCUT2D eigenvalue weighted by Crippen LogP contribution is 2.36. The lowest BCUT2D eigenvalue weighted by molar-refractivity contribution is -0.283. The first-order valence-corrected chi connectivity index (χ1v) is 11.4. The summed E-state index contributed by atoms with van der Waals surface area (Å²) in [5.74, 6) is -1.10. The van der Waals surface area contributed by atoms with E-state index in [1.165, 1.54) is 6.08 Å². The Morgan fingerprint density at radius 1 is 1.24 bits per heavy atom. The first kappa shape index (κ1) is 22.1. The van der Waals surface area contributed by atoms with E-state index in [4.69, 9.17) is 9.47 Å². The Morgan fingerprint density at radius 2 is 2.07 bits per heavy atom. The zero-order chi connectivity index (χ0) is 20.9. The van der Waals surface area contributed by atoms with E-state index in [0.29, 0.717) is 18.1 Å². The molecular formula is C22H31NO5S. The fourth-order valence-corrected chi connectivity index (χ4v) is 4.85. The quantitative estimate of drug-likeness (QED) is 0.626. The molecule has 3 aliphatic rings. The van der Waals surface area contributed by atoms with E-state index in [-0.39, 0.29) is 23.7 Å². The van der Waals surface area contributed by atoms with Gasteiger partial charge in [-0.25, -0.2) is 4.79 Å². The molecule has 5 unspecified atom stereocenters. The first-order valence-electron chi connectivity index (χ1n) is 10.4. The third-order valence-corrected chi connectivity index (χ3v) is 6.50. The molecule has 0 radical (unpaired) electrons. The minimum atomic E-state index is -1.53. The molecule has 1 amide bonds. The van der Waals surface area contributed by atoms with Crippen LogP contribution in [-0.2, 0) is 14.3 Å². The number of carbonyl (C=O) groups is 2. The van der Waals surface area contributed by atoms with Gasteiger partial charge in [-0.1, -0.05) is 48.6 Å². The lowest BCUT2D eigenvalue weighted by Crippen LogP contribution is -2.58. The molecule has 0 saturated carbocycles. The van der Waals surface area contributed by atoms with Crippen LogP contribution >= 0.6 is 11.8 Å². The summed E-state index contributed by atoms with van der Waals surface area (Å²) < 4.78 is 11.8. The number of carbonyl (C=O) groups excluding carboxylic acids is 2. The van der Waals surface area contributed by atoms with Crippen molar-refractivity contribution in [3.8, 4) is 0 Å². The Bertz CT molecular complexity index is 703. The Hall–Kier alpha value is -1.57. The van der Waals surface area contributed by atoms with Crippen LogP contribution in [-0.4, -0.2) is 46.1 Å². The normalized spacial score (nSPS) is 41.0. The van der Waals surface area contributed by atoms with Crippen molar-refractivity contribution >= 4 is 23.0 Å². The second kappa shape index (κ2) is 9.96. The molecule has 0 spiro atoms. The Balaban J connectivity index is 1.78. The van der Waals surface area contributed by atoms with Crippen molar-refractivity contribution in [3.63, 3.8) is 0 Å². The fourth-order valence-electron chi connectivity index (χ4n) is 3.96. The van der Waals surface area contributed by atoms with Gasteiger partial charge in [0.25, 0.3) is 5.24 Å². The zero-order valence-electron chi connectivity index (χ0n) is 17.1. The van der Waals surface area contributed by atoms with Gasteiger partial charge >= 0.3 is 5.97 Å². The standard InChI is InChI=1S/C22H31NO5S/c1-15-7-5-3-4-6-8-16(2)11-20(24)27-18-12-17(10-9-15)28-22(26,13-18)19-14-29-21(25)23-19/h3-5,7,11,15,17-19,26H,6,8-10,12-14H2,1-2H3,(H,23,25)/b4-3-,7-5+,16-11+. The summed E-state index contributed by atoms with van der Waals surface area (Å²) in [6, 6.07) is -0.505. The molecule has 3 aliphatic heterocycles. The number of nitrogens with one attached hydrogen (secondary N) is 1. The minimum absolute atomic E-state index is 0.159. The van der Waals surface area contributed by atoms with Crippen LogP contribution < -0.4 is 5.32 Å². The number of hydrogen-bond acceptors (Lipinski definition) is 6. The molecule has 2 N–H and O–H groups in total. The first-order chi connectivity index (χ1) is 13.8. The van der Waals surface area contributed by atoms with Gasteiger partial charge in [0.1, 0.15) is 6.10 Å². The van der Waals surface area contributed by atoms with E-state index in [2.05, 4.69) is 30.5 Å². The molecule has 0 aromatic rings. The Labute approximate surface area is 176 Å². The highest BCUT2D eigenvalue weighted by molar-refractivity contribution is 8.14. The van der Waals surface area contributed by atoms with Gasteiger partial charge in [-0.05, 0) is 38.5 Å². The van der Waals surface area contributed by atoms with Crippen LogP contribution in [0.25, 0.3) is 0 Å². The molecule has 0 aliphatic carbocycles. The smallest absolute Gasteiger partial charge is 0.330 e. The van der Waals surface area contributed by atoms with Crippen molar-refractivity contribution in [1.82, 2.24) is 5.32 Å². The third-order valence-electron chi connectivity index (χ3n) is 5.62. The zero-order valence-corrected chi connectivity index (χ0v) is 18.0. The lowest BCUT2D eigenvalue weighted by atomic mass is 9.90. The van der Waals surface area contributed by atoms with Gasteiger partial charge in [-0.2, -0.15) is 0 Å². The van der Waals surface area contributed by atoms with Gasteiger partial charge in [0.05, 0.1) is 12.1 Å². The van der Waals surface area contributed by atoms with Crippen LogP contribution in [0.1, 0.15) is 52.4 Å². The monoisotopic (exact) mass is 421 g/mol. The molecule has 2 fully saturated rings. The van der Waals surface area contributed by atoms with Crippen LogP contribution in [0.5, 0.6) is 0 Å². The lowest BCUT2D eigenvalue weighted by Gasteiger charge is -2.43. The molecule has 6 nitrogen and oxygen atoms in total. The summed E-state index contributed by atoms with van der Waals surface area (Å²) in [6.45, 7) is 4.07. The van der Waals surface area contributed by atoms with Gasteiger partial charge in [0, 0.05) is 24.7 Å². The summed E-state index contributed by atoms with van der Waals surface area (Å²) in [7, 11) is 0. The number of fused-ring (bicyclic) bond motifs is 2. The van der Waals surface area contributed by atoms with Gasteiger partial charge in [-0.15, -0.1) is 0 Å². The SMILES string of the molecule is C/C1=C\C(=O)OC2CC(CCC(C)/C=C/C=C\CC1)OC(O)(C1CSC(=O)N1)C2. The van der Waals surface area contributed by atoms with Gasteiger partial charge in [0.2, 0.25) is 0 Å². The average molecular weight is 422 g/mol. The number of hydrogen-bond donors (Lipinski definition) is 2. The van der Waals surface area contributed by atoms with E-state index in [1.807, 2.05) is 13.0 Å². The Morgan fingerprint density at radius 3 is 2.83 bits per heavy atom. The third kappa shape index (κ3) is 6.46. The second-order valence-corrected chi connectivity index (χ2v) is 9.27. The molecule has 2 saturated heterocycles. The van der Waals surface area contributed by atoms with Gasteiger partial charge in [0.15, 0.2) is 5.79 Å². The average Bonchev–Trinajstić information content (AvgIpc) is 3.09. The van der Waals surface area contributed by atoms with Crippen molar-refractivity contribution in [2.24, 2.45) is 5.92 Å². The molecule has 29 heavy (non-hydrogen) atoms. The number of amides is 1. The second-order valence-electron chi connectivity index (χ2n) is 8.28. The minimum Gasteiger partial charge on any atom is -0.459 e. The number of aliphatic hydroxyl groups is 1. The predicted octanol–water partition coefficient (Wildman–Crippen LogP) is 3.86. The van der Waals surface area contributed by atoms with Crippen molar-refractivity contribution in [1.29, 1.82) is 0 Å². The van der Waals surface area contributed by atoms with Crippen molar-refractivity contribution < 1.29 is 24.2 Å². The number of allylic oxidation sites excluding steroid dienone is 5. The Kier molecular flexibility index (Phi) is 7.60. The van der Waals surface area contributed by atoms with Crippen LogP contribution in [0.3, 0.4) is 0 Å². The summed E-state index contributed by atoms with van der Waals surface area (Å²) >= 11 is 1.14. The molecule has 0 aromatic carbocycles. The van der Waals surface area contributed by atoms with Gasteiger partial charge < -0.3 is 19.9 Å². The van der Waals surface area contributed by atoms with Crippen molar-refractivity contribution in [3.05, 3.63) is 36.0 Å². The molecule has 3 heterocycles. The predicted molar refractivity (Wildman–Crippen MR) is 113 cm³/mol. The van der Waals surface area contributed by atoms with Crippen LogP contribution in [0.4, 0.5) is 4.79 Å². The molecule has 0 aromatic heterocycles. The maximum absolute atomic E-state index is 12.4. The molecule has 160 valence electrons. The maximum Gasteiger partial charge on any atom is 0.330 e. The van der Waals surface area contributed by atoms with Crippen molar-refractivity contribution in [2.75, 3.05) is 5.75 Å².